The summed E-state index contributed by atoms with van der Waals surface area (Å²) in [6, 6.07) is 3.62. The van der Waals surface area contributed by atoms with Crippen molar-refractivity contribution in [2.24, 2.45) is 5.92 Å². The van der Waals surface area contributed by atoms with Crippen LogP contribution in [0.1, 0.15) is 23.2 Å². The molecule has 0 atom stereocenters. The predicted molar refractivity (Wildman–Crippen MR) is 68.0 cm³/mol. The minimum Gasteiger partial charge on any atom is -0.370 e. The third-order valence-corrected chi connectivity index (χ3v) is 2.70. The molecule has 0 unspecified atom stereocenters. The lowest BCUT2D eigenvalue weighted by atomic mass is 10.2. The molecule has 1 aliphatic carbocycles. The number of anilines is 1. The number of hydrogen-bond acceptors (Lipinski definition) is 3. The van der Waals surface area contributed by atoms with Gasteiger partial charge in [-0.05, 0) is 30.9 Å². The molecule has 0 spiro atoms. The molecule has 1 aromatic rings. The fourth-order valence-corrected chi connectivity index (χ4v) is 1.47. The second kappa shape index (κ2) is 5.48. The second-order valence-electron chi connectivity index (χ2n) is 4.26. The second-order valence-corrected chi connectivity index (χ2v) is 4.26. The molecule has 0 radical (unpaired) electrons. The van der Waals surface area contributed by atoms with E-state index in [-0.39, 0.29) is 5.91 Å². The molecule has 1 aromatic heterocycles. The SMILES string of the molecule is C=CCNC(=O)c1ccc(NCC2CC2)nc1. The van der Waals surface area contributed by atoms with Crippen LogP contribution in [0.5, 0.6) is 0 Å². The summed E-state index contributed by atoms with van der Waals surface area (Å²) in [5.41, 5.74) is 0.573. The van der Waals surface area contributed by atoms with Crippen LogP contribution in [-0.4, -0.2) is 24.0 Å². The van der Waals surface area contributed by atoms with Gasteiger partial charge in [-0.25, -0.2) is 4.98 Å². The van der Waals surface area contributed by atoms with Crippen molar-refractivity contribution in [2.45, 2.75) is 12.8 Å². The maximum Gasteiger partial charge on any atom is 0.253 e. The number of amides is 1. The molecule has 0 saturated heterocycles. The van der Waals surface area contributed by atoms with Gasteiger partial charge in [-0.15, -0.1) is 6.58 Å². The van der Waals surface area contributed by atoms with E-state index >= 15 is 0 Å². The molecule has 1 fully saturated rings. The van der Waals surface area contributed by atoms with Gasteiger partial charge in [0.1, 0.15) is 5.82 Å². The Morgan fingerprint density at radius 2 is 2.35 bits per heavy atom. The Labute approximate surface area is 101 Å². The van der Waals surface area contributed by atoms with Crippen LogP contribution in [0, 0.1) is 5.92 Å². The molecule has 1 aliphatic rings. The molecule has 4 nitrogen and oxygen atoms in total. The van der Waals surface area contributed by atoms with Gasteiger partial charge in [-0.3, -0.25) is 4.79 Å². The first kappa shape index (κ1) is 11.6. The quantitative estimate of drug-likeness (QED) is 0.734. The monoisotopic (exact) mass is 231 g/mol. The van der Waals surface area contributed by atoms with Gasteiger partial charge in [0.15, 0.2) is 0 Å². The van der Waals surface area contributed by atoms with Gasteiger partial charge in [0.25, 0.3) is 5.91 Å². The Kier molecular flexibility index (Phi) is 3.75. The number of rotatable bonds is 6. The van der Waals surface area contributed by atoms with Crippen LogP contribution < -0.4 is 10.6 Å². The number of aromatic nitrogens is 1. The molecule has 1 saturated carbocycles. The van der Waals surface area contributed by atoms with Crippen LogP contribution in [0.4, 0.5) is 5.82 Å². The Morgan fingerprint density at radius 1 is 1.53 bits per heavy atom. The van der Waals surface area contributed by atoms with Crippen molar-refractivity contribution < 1.29 is 4.79 Å². The van der Waals surface area contributed by atoms with Crippen LogP contribution in [-0.2, 0) is 0 Å². The summed E-state index contributed by atoms with van der Waals surface area (Å²) >= 11 is 0. The number of carbonyl (C=O) groups is 1. The molecule has 90 valence electrons. The van der Waals surface area contributed by atoms with Crippen molar-refractivity contribution in [3.8, 4) is 0 Å². The first-order valence-electron chi connectivity index (χ1n) is 5.88. The van der Waals surface area contributed by atoms with E-state index < -0.39 is 0 Å². The third-order valence-electron chi connectivity index (χ3n) is 2.70. The standard InChI is InChI=1S/C13H17N3O/c1-2-7-14-13(17)11-5-6-12(16-9-11)15-8-10-3-4-10/h2,5-6,9-10H,1,3-4,7-8H2,(H,14,17)(H,15,16). The molecule has 2 N–H and O–H groups in total. The minimum atomic E-state index is -0.119. The molecule has 4 heteroatoms. The zero-order chi connectivity index (χ0) is 12.1. The number of pyridine rings is 1. The Hall–Kier alpha value is -1.84. The van der Waals surface area contributed by atoms with Crippen LogP contribution >= 0.6 is 0 Å². The number of nitrogens with one attached hydrogen (secondary N) is 2. The van der Waals surface area contributed by atoms with E-state index in [1.54, 1.807) is 18.3 Å². The van der Waals surface area contributed by atoms with E-state index in [4.69, 9.17) is 0 Å². The van der Waals surface area contributed by atoms with Crippen molar-refractivity contribution >= 4 is 11.7 Å². The lowest BCUT2D eigenvalue weighted by Gasteiger charge is -2.05. The zero-order valence-electron chi connectivity index (χ0n) is 9.78. The maximum atomic E-state index is 11.6. The zero-order valence-corrected chi connectivity index (χ0v) is 9.78. The van der Waals surface area contributed by atoms with Gasteiger partial charge >= 0.3 is 0 Å². The van der Waals surface area contributed by atoms with E-state index in [0.717, 1.165) is 18.3 Å². The Morgan fingerprint density at radius 3 is 2.94 bits per heavy atom. The molecule has 1 amide bonds. The van der Waals surface area contributed by atoms with E-state index in [1.165, 1.54) is 12.8 Å². The smallest absolute Gasteiger partial charge is 0.253 e. The summed E-state index contributed by atoms with van der Waals surface area (Å²) in [6.45, 7) is 5.00. The summed E-state index contributed by atoms with van der Waals surface area (Å²) in [6.07, 6.45) is 5.87. The highest BCUT2D eigenvalue weighted by atomic mass is 16.1. The van der Waals surface area contributed by atoms with E-state index in [2.05, 4.69) is 22.2 Å². The summed E-state index contributed by atoms with van der Waals surface area (Å²) in [5, 5.41) is 5.97. The van der Waals surface area contributed by atoms with Gasteiger partial charge in [-0.1, -0.05) is 6.08 Å². The average molecular weight is 231 g/mol. The van der Waals surface area contributed by atoms with Crippen LogP contribution in [0.25, 0.3) is 0 Å². The summed E-state index contributed by atoms with van der Waals surface area (Å²) in [5.74, 6) is 1.52. The number of hydrogen-bond donors (Lipinski definition) is 2. The number of carbonyl (C=O) groups excluding carboxylic acids is 1. The summed E-state index contributed by atoms with van der Waals surface area (Å²) < 4.78 is 0. The van der Waals surface area contributed by atoms with Crippen molar-refractivity contribution in [3.05, 3.63) is 36.5 Å². The lowest BCUT2D eigenvalue weighted by Crippen LogP contribution is -2.23. The first-order valence-corrected chi connectivity index (χ1v) is 5.88. The van der Waals surface area contributed by atoms with Gasteiger partial charge < -0.3 is 10.6 Å². The van der Waals surface area contributed by atoms with Crippen molar-refractivity contribution in [1.82, 2.24) is 10.3 Å². The molecule has 2 rings (SSSR count). The highest BCUT2D eigenvalue weighted by Crippen LogP contribution is 2.28. The highest BCUT2D eigenvalue weighted by Gasteiger charge is 2.20. The van der Waals surface area contributed by atoms with Gasteiger partial charge in [0, 0.05) is 19.3 Å². The Balaban J connectivity index is 1.87. The molecule has 17 heavy (non-hydrogen) atoms. The lowest BCUT2D eigenvalue weighted by molar-refractivity contribution is 0.0957. The molecule has 1 heterocycles. The van der Waals surface area contributed by atoms with Crippen molar-refractivity contribution in [1.29, 1.82) is 0 Å². The van der Waals surface area contributed by atoms with Crippen LogP contribution in [0.2, 0.25) is 0 Å². The van der Waals surface area contributed by atoms with E-state index in [9.17, 15) is 4.79 Å². The average Bonchev–Trinajstić information content (AvgIpc) is 3.18. The van der Waals surface area contributed by atoms with Gasteiger partial charge in [0.2, 0.25) is 0 Å². The van der Waals surface area contributed by atoms with Crippen molar-refractivity contribution in [3.63, 3.8) is 0 Å². The fraction of sp³-hybridized carbons (Fsp3) is 0.385. The topological polar surface area (TPSA) is 54.0 Å². The molecule has 0 aliphatic heterocycles. The largest absolute Gasteiger partial charge is 0.370 e. The van der Waals surface area contributed by atoms with Crippen molar-refractivity contribution in [2.75, 3.05) is 18.4 Å². The Bertz CT molecular complexity index is 396. The predicted octanol–water partition coefficient (Wildman–Crippen LogP) is 1.82. The molecular formula is C13H17N3O. The normalized spacial score (nSPS) is 14.1. The minimum absolute atomic E-state index is 0.119. The van der Waals surface area contributed by atoms with E-state index in [1.807, 2.05) is 6.07 Å². The molecule has 0 bridgehead atoms. The highest BCUT2D eigenvalue weighted by molar-refractivity contribution is 5.94. The maximum absolute atomic E-state index is 11.6. The van der Waals surface area contributed by atoms with Gasteiger partial charge in [-0.2, -0.15) is 0 Å². The number of nitrogens with zero attached hydrogens (tertiary/aromatic N) is 1. The summed E-state index contributed by atoms with van der Waals surface area (Å²) in [7, 11) is 0. The summed E-state index contributed by atoms with van der Waals surface area (Å²) in [4.78, 5) is 15.8. The van der Waals surface area contributed by atoms with Gasteiger partial charge in [0.05, 0.1) is 5.56 Å². The van der Waals surface area contributed by atoms with Crippen LogP contribution in [0.15, 0.2) is 31.0 Å². The molecular weight excluding hydrogens is 214 g/mol. The fourth-order valence-electron chi connectivity index (χ4n) is 1.47. The third kappa shape index (κ3) is 3.59. The van der Waals surface area contributed by atoms with Crippen LogP contribution in [0.3, 0.4) is 0 Å². The molecule has 0 aromatic carbocycles. The van der Waals surface area contributed by atoms with E-state index in [0.29, 0.717) is 12.1 Å². The first-order chi connectivity index (χ1) is 8.29.